The lowest BCUT2D eigenvalue weighted by atomic mass is 10.1. The molecule has 7 heteroatoms. The predicted molar refractivity (Wildman–Crippen MR) is 104 cm³/mol. The van der Waals surface area contributed by atoms with Gasteiger partial charge in [0, 0.05) is 6.61 Å². The molecule has 2 N–H and O–H groups in total. The summed E-state index contributed by atoms with van der Waals surface area (Å²) in [6, 6.07) is 5.71. The van der Waals surface area contributed by atoms with E-state index in [-0.39, 0.29) is 17.9 Å². The SMILES string of the molecule is Cc1ccc(NC(=O)c2n[nH]c(C(C)C)c2Br)c(OCC2CCCO2)c1. The van der Waals surface area contributed by atoms with Crippen LogP contribution in [-0.4, -0.2) is 35.4 Å². The molecule has 2 aromatic rings. The maximum absolute atomic E-state index is 12.7. The van der Waals surface area contributed by atoms with Crippen molar-refractivity contribution in [3.05, 3.63) is 39.6 Å². The number of carbonyl (C=O) groups is 1. The summed E-state index contributed by atoms with van der Waals surface area (Å²) in [7, 11) is 0. The molecule has 3 rings (SSSR count). The van der Waals surface area contributed by atoms with E-state index >= 15 is 0 Å². The molecule has 1 aliphatic heterocycles. The second-order valence-electron chi connectivity index (χ2n) is 6.85. The minimum absolute atomic E-state index is 0.119. The third-order valence-corrected chi connectivity index (χ3v) is 5.16. The first-order valence-electron chi connectivity index (χ1n) is 8.86. The summed E-state index contributed by atoms with van der Waals surface area (Å²) in [4.78, 5) is 12.7. The lowest BCUT2D eigenvalue weighted by Gasteiger charge is -2.15. The number of benzene rings is 1. The highest BCUT2D eigenvalue weighted by Crippen LogP contribution is 2.29. The first-order valence-corrected chi connectivity index (χ1v) is 9.65. The van der Waals surface area contributed by atoms with Gasteiger partial charge in [-0.15, -0.1) is 0 Å². The Morgan fingerprint density at radius 3 is 2.96 bits per heavy atom. The Bertz CT molecular complexity index is 782. The van der Waals surface area contributed by atoms with Gasteiger partial charge in [-0.1, -0.05) is 19.9 Å². The van der Waals surface area contributed by atoms with Crippen LogP contribution in [0.3, 0.4) is 0 Å². The third kappa shape index (κ3) is 4.27. The molecule has 0 aliphatic carbocycles. The Kier molecular flexibility index (Phi) is 5.98. The van der Waals surface area contributed by atoms with Gasteiger partial charge in [0.2, 0.25) is 0 Å². The van der Waals surface area contributed by atoms with E-state index in [2.05, 4.69) is 31.4 Å². The summed E-state index contributed by atoms with van der Waals surface area (Å²) in [5.41, 5.74) is 2.92. The summed E-state index contributed by atoms with van der Waals surface area (Å²) in [5.74, 6) is 0.596. The first kappa shape index (κ1) is 18.9. The lowest BCUT2D eigenvalue weighted by Crippen LogP contribution is -2.18. The zero-order valence-electron chi connectivity index (χ0n) is 15.3. The largest absolute Gasteiger partial charge is 0.489 e. The number of H-pyrrole nitrogens is 1. The van der Waals surface area contributed by atoms with Crippen LogP contribution < -0.4 is 10.1 Å². The summed E-state index contributed by atoms with van der Waals surface area (Å²) < 4.78 is 12.2. The molecule has 1 saturated heterocycles. The van der Waals surface area contributed by atoms with Crippen LogP contribution in [-0.2, 0) is 4.74 Å². The number of aryl methyl sites for hydroxylation is 1. The fourth-order valence-electron chi connectivity index (χ4n) is 2.87. The van der Waals surface area contributed by atoms with E-state index in [9.17, 15) is 4.79 Å². The Hall–Kier alpha value is -1.86. The van der Waals surface area contributed by atoms with Crippen molar-refractivity contribution in [2.75, 3.05) is 18.5 Å². The molecule has 1 aromatic heterocycles. The Balaban J connectivity index is 1.75. The molecule has 0 spiro atoms. The van der Waals surface area contributed by atoms with Crippen LogP contribution in [0.25, 0.3) is 0 Å². The molecule has 1 unspecified atom stereocenters. The van der Waals surface area contributed by atoms with E-state index in [1.54, 1.807) is 0 Å². The zero-order chi connectivity index (χ0) is 18.7. The van der Waals surface area contributed by atoms with Gasteiger partial charge in [-0.2, -0.15) is 5.10 Å². The van der Waals surface area contributed by atoms with Crippen LogP contribution in [0.2, 0.25) is 0 Å². The number of nitrogens with one attached hydrogen (secondary N) is 2. The van der Waals surface area contributed by atoms with Crippen LogP contribution in [0, 0.1) is 6.92 Å². The van der Waals surface area contributed by atoms with Gasteiger partial charge in [0.25, 0.3) is 5.91 Å². The highest BCUT2D eigenvalue weighted by molar-refractivity contribution is 9.10. The maximum Gasteiger partial charge on any atom is 0.277 e. The number of hydrogen-bond donors (Lipinski definition) is 2. The van der Waals surface area contributed by atoms with Crippen molar-refractivity contribution in [3.8, 4) is 5.75 Å². The van der Waals surface area contributed by atoms with Crippen molar-refractivity contribution >= 4 is 27.5 Å². The predicted octanol–water partition coefficient (Wildman–Crippen LogP) is 4.41. The maximum atomic E-state index is 12.7. The molecule has 26 heavy (non-hydrogen) atoms. The summed E-state index contributed by atoms with van der Waals surface area (Å²) in [5, 5.41) is 9.97. The normalized spacial score (nSPS) is 16.9. The quantitative estimate of drug-likeness (QED) is 0.723. The van der Waals surface area contributed by atoms with Crippen molar-refractivity contribution in [2.24, 2.45) is 0 Å². The van der Waals surface area contributed by atoms with Gasteiger partial charge in [-0.05, 0) is 59.3 Å². The molecule has 140 valence electrons. The van der Waals surface area contributed by atoms with Gasteiger partial charge < -0.3 is 14.8 Å². The number of aromatic amines is 1. The minimum Gasteiger partial charge on any atom is -0.489 e. The van der Waals surface area contributed by atoms with E-state index in [4.69, 9.17) is 9.47 Å². The van der Waals surface area contributed by atoms with Gasteiger partial charge in [0.05, 0.1) is 22.0 Å². The van der Waals surface area contributed by atoms with Crippen molar-refractivity contribution in [2.45, 2.75) is 45.6 Å². The molecule has 1 aliphatic rings. The fraction of sp³-hybridized carbons (Fsp3) is 0.474. The van der Waals surface area contributed by atoms with E-state index in [1.165, 1.54) is 0 Å². The topological polar surface area (TPSA) is 76.2 Å². The molecule has 1 amide bonds. The monoisotopic (exact) mass is 421 g/mol. The number of amides is 1. The number of ether oxygens (including phenoxy) is 2. The molecule has 1 fully saturated rings. The Morgan fingerprint density at radius 1 is 1.50 bits per heavy atom. The molecule has 0 bridgehead atoms. The van der Waals surface area contributed by atoms with Gasteiger partial charge in [-0.3, -0.25) is 9.89 Å². The van der Waals surface area contributed by atoms with Gasteiger partial charge in [0.1, 0.15) is 12.4 Å². The number of hydrogen-bond acceptors (Lipinski definition) is 4. The highest BCUT2D eigenvalue weighted by atomic mass is 79.9. The Labute approximate surface area is 161 Å². The molecule has 6 nitrogen and oxygen atoms in total. The van der Waals surface area contributed by atoms with Crippen molar-refractivity contribution < 1.29 is 14.3 Å². The lowest BCUT2D eigenvalue weighted by molar-refractivity contribution is 0.0681. The van der Waals surface area contributed by atoms with Gasteiger partial charge >= 0.3 is 0 Å². The summed E-state index contributed by atoms with van der Waals surface area (Å²) in [6.07, 6.45) is 2.19. The van der Waals surface area contributed by atoms with Crippen molar-refractivity contribution in [1.29, 1.82) is 0 Å². The molecular formula is C19H24BrN3O3. The molecule has 0 radical (unpaired) electrons. The third-order valence-electron chi connectivity index (χ3n) is 4.36. The van der Waals surface area contributed by atoms with Crippen LogP contribution in [0.4, 0.5) is 5.69 Å². The van der Waals surface area contributed by atoms with Crippen molar-refractivity contribution in [3.63, 3.8) is 0 Å². The average molecular weight is 422 g/mol. The molecule has 0 saturated carbocycles. The van der Waals surface area contributed by atoms with E-state index in [1.807, 2.05) is 39.0 Å². The number of rotatable bonds is 6. The average Bonchev–Trinajstić information content (AvgIpc) is 3.24. The summed E-state index contributed by atoms with van der Waals surface area (Å²) >= 11 is 3.47. The van der Waals surface area contributed by atoms with Crippen LogP contribution in [0.5, 0.6) is 5.75 Å². The molecular weight excluding hydrogens is 398 g/mol. The second kappa shape index (κ2) is 8.22. The van der Waals surface area contributed by atoms with Crippen LogP contribution in [0.1, 0.15) is 54.4 Å². The smallest absolute Gasteiger partial charge is 0.277 e. The Morgan fingerprint density at radius 2 is 2.31 bits per heavy atom. The summed E-state index contributed by atoms with van der Waals surface area (Å²) in [6.45, 7) is 7.34. The van der Waals surface area contributed by atoms with Gasteiger partial charge in [-0.25, -0.2) is 0 Å². The second-order valence-corrected chi connectivity index (χ2v) is 7.65. The number of nitrogens with zero attached hydrogens (tertiary/aromatic N) is 1. The molecule has 1 aromatic carbocycles. The number of halogens is 1. The minimum atomic E-state index is -0.286. The van der Waals surface area contributed by atoms with E-state index in [0.29, 0.717) is 28.2 Å². The standard InChI is InChI=1S/C19H24BrN3O3/c1-11(2)17-16(20)18(23-22-17)19(24)21-14-7-6-12(3)9-15(14)26-10-13-5-4-8-25-13/h6-7,9,11,13H,4-5,8,10H2,1-3H3,(H,21,24)(H,22,23). The molecule has 2 heterocycles. The number of anilines is 1. The number of aromatic nitrogens is 2. The molecule has 1 atom stereocenters. The van der Waals surface area contributed by atoms with E-state index < -0.39 is 0 Å². The highest BCUT2D eigenvalue weighted by Gasteiger charge is 2.21. The van der Waals surface area contributed by atoms with Crippen LogP contribution in [0.15, 0.2) is 22.7 Å². The van der Waals surface area contributed by atoms with E-state index in [0.717, 1.165) is 30.7 Å². The van der Waals surface area contributed by atoms with Crippen molar-refractivity contribution in [1.82, 2.24) is 10.2 Å². The van der Waals surface area contributed by atoms with Gasteiger partial charge in [0.15, 0.2) is 5.69 Å². The zero-order valence-corrected chi connectivity index (χ0v) is 16.9. The first-order chi connectivity index (χ1) is 12.5. The number of carbonyl (C=O) groups excluding carboxylic acids is 1. The fourth-order valence-corrected chi connectivity index (χ4v) is 3.68. The van der Waals surface area contributed by atoms with Crippen LogP contribution >= 0.6 is 15.9 Å².